The van der Waals surface area contributed by atoms with Gasteiger partial charge in [0.2, 0.25) is 5.91 Å². The number of fused-ring (bicyclic) bond motifs is 4. The van der Waals surface area contributed by atoms with E-state index in [1.165, 1.54) is 0 Å². The Morgan fingerprint density at radius 2 is 1.86 bits per heavy atom. The fraction of sp³-hybridized carbons (Fsp3) is 0.500. The van der Waals surface area contributed by atoms with E-state index in [1.54, 1.807) is 22.6 Å². The first kappa shape index (κ1) is 24.8. The molecule has 0 unspecified atom stereocenters. The minimum Gasteiger partial charge on any atom is -0.497 e. The van der Waals surface area contributed by atoms with Gasteiger partial charge >= 0.3 is 6.03 Å². The molecule has 2 bridgehead atoms. The number of benzene rings is 1. The van der Waals surface area contributed by atoms with Crippen molar-refractivity contribution in [3.05, 3.63) is 52.4 Å². The third-order valence-electron chi connectivity index (χ3n) is 7.04. The second-order valence-corrected chi connectivity index (χ2v) is 9.13. The minimum absolute atomic E-state index is 0.189. The molecule has 1 aromatic heterocycles. The smallest absolute Gasteiger partial charge is 0.318 e. The maximum absolute atomic E-state index is 13.7. The van der Waals surface area contributed by atoms with E-state index in [4.69, 9.17) is 4.74 Å². The molecule has 35 heavy (non-hydrogen) atoms. The molecule has 4 rings (SSSR count). The molecule has 4 atom stereocenters. The highest BCUT2D eigenvalue weighted by molar-refractivity contribution is 5.84. The van der Waals surface area contributed by atoms with Crippen molar-refractivity contribution in [1.29, 1.82) is 0 Å². The quantitative estimate of drug-likeness (QED) is 0.534. The SMILES string of the molecule is CCCNC(=O)[C@H]1[C@H](CO)[C@H]2Cn3c(ccc(-c4cccc(OC)c4)c3=O)[C@@H]1N2C(=O)NCCC. The summed E-state index contributed by atoms with van der Waals surface area (Å²) >= 11 is 0. The van der Waals surface area contributed by atoms with Gasteiger partial charge in [0.15, 0.2) is 0 Å². The van der Waals surface area contributed by atoms with Crippen LogP contribution in [0.2, 0.25) is 0 Å². The lowest BCUT2D eigenvalue weighted by Crippen LogP contribution is -2.52. The van der Waals surface area contributed by atoms with Gasteiger partial charge in [-0.25, -0.2) is 4.79 Å². The van der Waals surface area contributed by atoms with Crippen LogP contribution in [-0.2, 0) is 11.3 Å². The average Bonchev–Trinajstić information content (AvgIpc) is 3.12. The van der Waals surface area contributed by atoms with Gasteiger partial charge in [0.1, 0.15) is 5.75 Å². The van der Waals surface area contributed by atoms with Crippen molar-refractivity contribution in [3.8, 4) is 16.9 Å². The Bertz CT molecular complexity index is 1150. The lowest BCUT2D eigenvalue weighted by Gasteiger charge is -2.38. The maximum atomic E-state index is 13.7. The Balaban J connectivity index is 1.82. The van der Waals surface area contributed by atoms with Crippen LogP contribution in [0.15, 0.2) is 41.2 Å². The lowest BCUT2D eigenvalue weighted by molar-refractivity contribution is -0.127. The fourth-order valence-electron chi connectivity index (χ4n) is 5.38. The zero-order chi connectivity index (χ0) is 25.1. The summed E-state index contributed by atoms with van der Waals surface area (Å²) in [7, 11) is 1.58. The topological polar surface area (TPSA) is 113 Å². The number of methoxy groups -OCH3 is 1. The summed E-state index contributed by atoms with van der Waals surface area (Å²) in [6, 6.07) is 9.48. The third kappa shape index (κ3) is 4.40. The number of hydrogen-bond acceptors (Lipinski definition) is 5. The largest absolute Gasteiger partial charge is 0.497 e. The van der Waals surface area contributed by atoms with Crippen molar-refractivity contribution in [2.75, 3.05) is 26.8 Å². The molecule has 0 spiro atoms. The number of urea groups is 1. The van der Waals surface area contributed by atoms with Gasteiger partial charge in [-0.2, -0.15) is 0 Å². The minimum atomic E-state index is -0.653. The van der Waals surface area contributed by atoms with Gasteiger partial charge < -0.3 is 29.9 Å². The number of hydrogen-bond donors (Lipinski definition) is 3. The number of aliphatic hydroxyl groups is 1. The monoisotopic (exact) mass is 482 g/mol. The van der Waals surface area contributed by atoms with Gasteiger partial charge in [-0.15, -0.1) is 0 Å². The number of pyridine rings is 1. The summed E-state index contributed by atoms with van der Waals surface area (Å²) in [6.45, 7) is 4.91. The standard InChI is InChI=1S/C26H34N4O5/c1-4-11-27-24(32)22-19(15-31)21-14-29-20(23(22)30(21)26(34)28-12-5-2)10-9-18(25(29)33)16-7-6-8-17(13-16)35-3/h6-10,13,19,21-23,31H,4-5,11-12,14-15H2,1-3H3,(H,27,32)(H,28,34)/t19-,21-,22+,23+/m1/s1. The third-order valence-corrected chi connectivity index (χ3v) is 7.04. The highest BCUT2D eigenvalue weighted by Crippen LogP contribution is 2.48. The van der Waals surface area contributed by atoms with Gasteiger partial charge in [0.25, 0.3) is 5.56 Å². The number of carbonyl (C=O) groups is 2. The van der Waals surface area contributed by atoms with E-state index in [1.807, 2.05) is 44.2 Å². The first-order chi connectivity index (χ1) is 17.0. The molecule has 188 valence electrons. The Kier molecular flexibility index (Phi) is 7.45. The molecule has 3 heterocycles. The maximum Gasteiger partial charge on any atom is 0.318 e. The van der Waals surface area contributed by atoms with Crippen LogP contribution in [0.25, 0.3) is 11.1 Å². The van der Waals surface area contributed by atoms with E-state index in [9.17, 15) is 19.5 Å². The molecular formula is C26H34N4O5. The van der Waals surface area contributed by atoms with Gasteiger partial charge in [-0.3, -0.25) is 9.59 Å². The zero-order valence-electron chi connectivity index (χ0n) is 20.5. The second-order valence-electron chi connectivity index (χ2n) is 9.13. The molecule has 1 aromatic carbocycles. The van der Waals surface area contributed by atoms with Crippen molar-refractivity contribution in [1.82, 2.24) is 20.1 Å². The molecule has 9 heteroatoms. The number of nitrogens with zero attached hydrogens (tertiary/aromatic N) is 2. The summed E-state index contributed by atoms with van der Waals surface area (Å²) in [4.78, 5) is 41.8. The van der Waals surface area contributed by atoms with Crippen molar-refractivity contribution in [3.63, 3.8) is 0 Å². The molecule has 3 N–H and O–H groups in total. The molecule has 0 saturated carbocycles. The Labute approximate surface area is 205 Å². The summed E-state index contributed by atoms with van der Waals surface area (Å²) < 4.78 is 6.98. The molecule has 2 aromatic rings. The van der Waals surface area contributed by atoms with E-state index >= 15 is 0 Å². The summed E-state index contributed by atoms with van der Waals surface area (Å²) in [5.74, 6) is -0.690. The number of ether oxygens (including phenoxy) is 1. The molecule has 1 saturated heterocycles. The predicted molar refractivity (Wildman–Crippen MR) is 132 cm³/mol. The van der Waals surface area contributed by atoms with Crippen molar-refractivity contribution in [2.45, 2.75) is 45.3 Å². The van der Waals surface area contributed by atoms with Crippen LogP contribution in [0, 0.1) is 11.8 Å². The van der Waals surface area contributed by atoms with Gasteiger partial charge in [-0.05, 0) is 42.7 Å². The van der Waals surface area contributed by atoms with Crippen molar-refractivity contribution < 1.29 is 19.4 Å². The fourth-order valence-corrected chi connectivity index (χ4v) is 5.38. The predicted octanol–water partition coefficient (Wildman–Crippen LogP) is 2.13. The molecule has 1 fully saturated rings. The van der Waals surface area contributed by atoms with Gasteiger partial charge in [-0.1, -0.05) is 26.0 Å². The van der Waals surface area contributed by atoms with E-state index < -0.39 is 23.9 Å². The molecular weight excluding hydrogens is 448 g/mol. The number of carbonyl (C=O) groups excluding carboxylic acids is 2. The lowest BCUT2D eigenvalue weighted by atomic mass is 9.86. The van der Waals surface area contributed by atoms with E-state index in [0.29, 0.717) is 30.1 Å². The number of rotatable bonds is 8. The normalized spacial score (nSPS) is 22.5. The van der Waals surface area contributed by atoms with E-state index in [-0.39, 0.29) is 30.6 Å². The van der Waals surface area contributed by atoms with Crippen molar-refractivity contribution in [2.24, 2.45) is 11.8 Å². The highest BCUT2D eigenvalue weighted by Gasteiger charge is 2.57. The number of aliphatic hydroxyl groups excluding tert-OH is 1. The first-order valence-electron chi connectivity index (χ1n) is 12.3. The van der Waals surface area contributed by atoms with Gasteiger partial charge in [0, 0.05) is 43.4 Å². The number of nitrogens with one attached hydrogen (secondary N) is 2. The molecule has 3 amide bonds. The second kappa shape index (κ2) is 10.5. The van der Waals surface area contributed by atoms with Crippen LogP contribution in [0.3, 0.4) is 0 Å². The Hall–Kier alpha value is -3.33. The summed E-state index contributed by atoms with van der Waals surface area (Å²) in [6.07, 6.45) is 1.55. The first-order valence-corrected chi connectivity index (χ1v) is 12.3. The molecule has 9 nitrogen and oxygen atoms in total. The molecule has 2 aliphatic heterocycles. The van der Waals surface area contributed by atoms with Crippen LogP contribution in [0.1, 0.15) is 38.4 Å². The molecule has 0 aliphatic carbocycles. The Morgan fingerprint density at radius 1 is 1.11 bits per heavy atom. The van der Waals surface area contributed by atoms with Crippen LogP contribution in [0.5, 0.6) is 5.75 Å². The molecule has 0 radical (unpaired) electrons. The van der Waals surface area contributed by atoms with Crippen LogP contribution in [-0.4, -0.2) is 59.4 Å². The molecule has 2 aliphatic rings. The van der Waals surface area contributed by atoms with Gasteiger partial charge in [0.05, 0.1) is 25.1 Å². The zero-order valence-corrected chi connectivity index (χ0v) is 20.5. The summed E-state index contributed by atoms with van der Waals surface area (Å²) in [5, 5.41) is 16.2. The van der Waals surface area contributed by atoms with E-state index in [0.717, 1.165) is 18.4 Å². The highest BCUT2D eigenvalue weighted by atomic mass is 16.5. The Morgan fingerprint density at radius 3 is 2.54 bits per heavy atom. The number of amides is 3. The summed E-state index contributed by atoms with van der Waals surface area (Å²) in [5.41, 5.74) is 1.67. The van der Waals surface area contributed by atoms with Crippen LogP contribution < -0.4 is 20.9 Å². The van der Waals surface area contributed by atoms with Crippen LogP contribution in [0.4, 0.5) is 4.79 Å². The van der Waals surface area contributed by atoms with E-state index in [2.05, 4.69) is 10.6 Å². The van der Waals surface area contributed by atoms with Crippen molar-refractivity contribution >= 4 is 11.9 Å². The van der Waals surface area contributed by atoms with Crippen LogP contribution >= 0.6 is 0 Å². The average molecular weight is 483 g/mol. The number of aromatic nitrogens is 1.